The number of aromatic nitrogens is 3. The highest BCUT2D eigenvalue weighted by Crippen LogP contribution is 2.64. The quantitative estimate of drug-likeness (QED) is 0.161. The number of hydrogen-bond donors (Lipinski definition) is 0. The maximum absolute atomic E-state index is 5.30. The molecule has 3 heterocycles. The Morgan fingerprint density at radius 2 is 0.877 bits per heavy atom. The number of nitrogens with zero attached hydrogens (tertiary/aromatic N) is 5. The van der Waals surface area contributed by atoms with E-state index < -0.39 is 5.41 Å². The van der Waals surface area contributed by atoms with E-state index in [0.29, 0.717) is 17.5 Å². The van der Waals surface area contributed by atoms with Crippen molar-refractivity contribution in [3.63, 3.8) is 0 Å². The van der Waals surface area contributed by atoms with Gasteiger partial charge in [0.15, 0.2) is 17.5 Å². The van der Waals surface area contributed by atoms with Crippen molar-refractivity contribution in [1.82, 2.24) is 15.0 Å². The van der Waals surface area contributed by atoms with Gasteiger partial charge in [0.05, 0.1) is 5.41 Å². The molecule has 0 N–H and O–H groups in total. The lowest BCUT2D eigenvalue weighted by Crippen LogP contribution is -2.61. The summed E-state index contributed by atoms with van der Waals surface area (Å²) in [6.07, 6.45) is 0. The molecular formula is C75H62BN5. The number of anilines is 6. The number of fused-ring (bicyclic) bond motifs is 14. The van der Waals surface area contributed by atoms with Crippen LogP contribution in [0.15, 0.2) is 212 Å². The first-order valence-electron chi connectivity index (χ1n) is 28.6. The molecule has 11 aromatic rings. The Labute approximate surface area is 476 Å². The lowest BCUT2D eigenvalue weighted by Gasteiger charge is -2.45. The van der Waals surface area contributed by atoms with Gasteiger partial charge in [-0.1, -0.05) is 211 Å². The van der Waals surface area contributed by atoms with Gasteiger partial charge in [-0.25, -0.2) is 15.0 Å². The minimum absolute atomic E-state index is 0.0270. The maximum atomic E-state index is 5.30. The SMILES string of the molecule is Cc1ccc(N2c3cc4c(cc3B3c5cc(C(C)(C)C)ccc5N(c5ccc(C(C)(C)C)cc5)c5cc(C)cc2c53)-c2ccccc2C42c3ccccc3-c3ccc(-c4nc(-c5ccccc5)nc(-c5ccccc5)n4)cc32)c(C)c1. The maximum Gasteiger partial charge on any atom is 0.252 e. The minimum atomic E-state index is -0.674. The van der Waals surface area contributed by atoms with Crippen molar-refractivity contribution in [2.75, 3.05) is 9.80 Å². The number of rotatable bonds is 5. The molecule has 4 aliphatic rings. The highest BCUT2D eigenvalue weighted by molar-refractivity contribution is 7.00. The molecule has 81 heavy (non-hydrogen) atoms. The summed E-state index contributed by atoms with van der Waals surface area (Å²) in [5, 5.41) is 0. The van der Waals surface area contributed by atoms with E-state index in [1.807, 2.05) is 36.4 Å². The molecule has 0 saturated heterocycles. The smallest absolute Gasteiger partial charge is 0.252 e. The summed E-state index contributed by atoms with van der Waals surface area (Å²) in [6, 6.07) is 79.6. The number of hydrogen-bond acceptors (Lipinski definition) is 5. The lowest BCUT2D eigenvalue weighted by molar-refractivity contribution is 0.590. The fourth-order valence-corrected chi connectivity index (χ4v) is 14.0. The molecule has 1 aromatic heterocycles. The predicted molar refractivity (Wildman–Crippen MR) is 338 cm³/mol. The molecule has 10 aromatic carbocycles. The van der Waals surface area contributed by atoms with Crippen molar-refractivity contribution in [3.05, 3.63) is 262 Å². The average Bonchev–Trinajstić information content (AvgIpc) is 1.97. The summed E-state index contributed by atoms with van der Waals surface area (Å²) in [4.78, 5) is 20.9. The van der Waals surface area contributed by atoms with Gasteiger partial charge >= 0.3 is 0 Å². The van der Waals surface area contributed by atoms with Gasteiger partial charge in [0.25, 0.3) is 6.71 Å². The Balaban J connectivity index is 1.02. The van der Waals surface area contributed by atoms with Crippen molar-refractivity contribution in [1.29, 1.82) is 0 Å². The van der Waals surface area contributed by atoms with Crippen molar-refractivity contribution in [2.24, 2.45) is 0 Å². The zero-order valence-corrected chi connectivity index (χ0v) is 47.5. The van der Waals surface area contributed by atoms with Crippen LogP contribution in [0, 0.1) is 20.8 Å². The second kappa shape index (κ2) is 17.7. The molecule has 0 saturated carbocycles. The molecule has 5 nitrogen and oxygen atoms in total. The van der Waals surface area contributed by atoms with Crippen molar-refractivity contribution in [2.45, 2.75) is 78.6 Å². The minimum Gasteiger partial charge on any atom is -0.311 e. The Kier molecular flexibility index (Phi) is 10.7. The molecule has 1 spiro atoms. The molecule has 0 bridgehead atoms. The van der Waals surface area contributed by atoms with E-state index in [0.717, 1.165) is 22.4 Å². The van der Waals surface area contributed by atoms with Crippen molar-refractivity contribution in [3.8, 4) is 56.4 Å². The first kappa shape index (κ1) is 49.0. The van der Waals surface area contributed by atoms with Gasteiger partial charge in [-0.2, -0.15) is 0 Å². The van der Waals surface area contributed by atoms with E-state index in [-0.39, 0.29) is 17.5 Å². The number of benzene rings is 10. The largest absolute Gasteiger partial charge is 0.311 e. The molecule has 6 heteroatoms. The van der Waals surface area contributed by atoms with Gasteiger partial charge < -0.3 is 9.80 Å². The first-order valence-corrected chi connectivity index (χ1v) is 28.6. The third-order valence-electron chi connectivity index (χ3n) is 17.8. The summed E-state index contributed by atoms with van der Waals surface area (Å²) in [5.41, 5.74) is 29.7. The van der Waals surface area contributed by atoms with Crippen LogP contribution in [0.5, 0.6) is 0 Å². The lowest BCUT2D eigenvalue weighted by atomic mass is 9.33. The van der Waals surface area contributed by atoms with Crippen LogP contribution in [-0.2, 0) is 16.2 Å². The summed E-state index contributed by atoms with van der Waals surface area (Å²) < 4.78 is 0. The number of aryl methyl sites for hydroxylation is 3. The molecule has 390 valence electrons. The van der Waals surface area contributed by atoms with Crippen LogP contribution in [0.1, 0.15) is 91.6 Å². The standard InChI is InChI=1S/C75H62BN5/c1-45-28-36-64(47(3)38-45)81-66-44-61-57(43-63(66)76-62-42-52(74(7,8)9)32-37-65(62)80(67-39-46(2)40-68(81)69(67)76)53-33-30-51(31-34-53)73(4,5)6)55-25-17-19-27-59(55)75(61)58-26-18-16-24-54(58)56-35-29-50(41-60(56)75)72-78-70(48-20-12-10-13-21-48)77-71(79-72)49-22-14-11-15-23-49/h10-44H,1-9H3. The van der Waals surface area contributed by atoms with Crippen LogP contribution in [0.3, 0.4) is 0 Å². The van der Waals surface area contributed by atoms with Crippen LogP contribution in [-0.4, -0.2) is 21.7 Å². The van der Waals surface area contributed by atoms with Crippen molar-refractivity contribution >= 4 is 57.2 Å². The monoisotopic (exact) mass is 1040 g/mol. The molecule has 1 unspecified atom stereocenters. The van der Waals surface area contributed by atoms with Crippen LogP contribution >= 0.6 is 0 Å². The van der Waals surface area contributed by atoms with Gasteiger partial charge in [0, 0.05) is 50.8 Å². The average molecular weight is 1040 g/mol. The molecule has 15 rings (SSSR count). The van der Waals surface area contributed by atoms with Gasteiger partial charge in [0.2, 0.25) is 0 Å². The van der Waals surface area contributed by atoms with Gasteiger partial charge in [-0.15, -0.1) is 0 Å². The Hall–Kier alpha value is -9.13. The molecule has 0 radical (unpaired) electrons. The Morgan fingerprint density at radius 1 is 0.358 bits per heavy atom. The zero-order chi connectivity index (χ0) is 55.3. The van der Waals surface area contributed by atoms with Crippen molar-refractivity contribution < 1.29 is 0 Å². The molecule has 1 atom stereocenters. The third-order valence-corrected chi connectivity index (χ3v) is 17.8. The Bertz CT molecular complexity index is 4360. The predicted octanol–water partition coefficient (Wildman–Crippen LogP) is 16.8. The second-order valence-corrected chi connectivity index (χ2v) is 25.0. The van der Waals surface area contributed by atoms with Crippen LogP contribution in [0.2, 0.25) is 0 Å². The molecule has 2 aliphatic carbocycles. The van der Waals surface area contributed by atoms with Gasteiger partial charge in [0.1, 0.15) is 0 Å². The van der Waals surface area contributed by atoms with E-state index in [9.17, 15) is 0 Å². The van der Waals surface area contributed by atoms with Crippen LogP contribution in [0.4, 0.5) is 34.1 Å². The summed E-state index contributed by atoms with van der Waals surface area (Å²) >= 11 is 0. The summed E-state index contributed by atoms with van der Waals surface area (Å²) in [7, 11) is 0. The molecular weight excluding hydrogens is 982 g/mol. The van der Waals surface area contributed by atoms with Gasteiger partial charge in [-0.3, -0.25) is 0 Å². The second-order valence-electron chi connectivity index (χ2n) is 25.0. The van der Waals surface area contributed by atoms with E-state index in [2.05, 4.69) is 248 Å². The molecule has 0 amide bonds. The van der Waals surface area contributed by atoms with Crippen LogP contribution in [0.25, 0.3) is 56.4 Å². The van der Waals surface area contributed by atoms with Crippen LogP contribution < -0.4 is 26.2 Å². The first-order chi connectivity index (χ1) is 39.1. The summed E-state index contributed by atoms with van der Waals surface area (Å²) in [6.45, 7) is 20.6. The highest BCUT2D eigenvalue weighted by Gasteiger charge is 2.54. The summed E-state index contributed by atoms with van der Waals surface area (Å²) in [5.74, 6) is 1.93. The van der Waals surface area contributed by atoms with E-state index in [1.54, 1.807) is 0 Å². The molecule has 0 fully saturated rings. The molecule has 2 aliphatic heterocycles. The normalized spacial score (nSPS) is 15.2. The fourth-order valence-electron chi connectivity index (χ4n) is 14.0. The van der Waals surface area contributed by atoms with E-state index in [4.69, 9.17) is 15.0 Å². The van der Waals surface area contributed by atoms with E-state index in [1.165, 1.54) is 117 Å². The highest BCUT2D eigenvalue weighted by atomic mass is 15.2. The van der Waals surface area contributed by atoms with E-state index >= 15 is 0 Å². The zero-order valence-electron chi connectivity index (χ0n) is 47.5. The third kappa shape index (κ3) is 7.35. The topological polar surface area (TPSA) is 45.2 Å². The Morgan fingerprint density at radius 3 is 1.49 bits per heavy atom. The van der Waals surface area contributed by atoms with Gasteiger partial charge in [-0.05, 0) is 163 Å². The fraction of sp³-hybridized carbons (Fsp3) is 0.160.